The van der Waals surface area contributed by atoms with Crippen LogP contribution in [0.3, 0.4) is 0 Å². The van der Waals surface area contributed by atoms with Crippen LogP contribution in [0.2, 0.25) is 0 Å². The largest absolute Gasteiger partial charge is 0.467 e. The molecule has 0 atom stereocenters. The maximum absolute atomic E-state index is 13.3. The average Bonchev–Trinajstić information content (AvgIpc) is 3.44. The van der Waals surface area contributed by atoms with Gasteiger partial charge >= 0.3 is 0 Å². The highest BCUT2D eigenvalue weighted by Gasteiger charge is 2.17. The lowest BCUT2D eigenvalue weighted by Gasteiger charge is -2.11. The zero-order chi connectivity index (χ0) is 21.8. The number of nitrogens with one attached hydrogen (secondary N) is 1. The van der Waals surface area contributed by atoms with Gasteiger partial charge in [0, 0.05) is 17.5 Å². The Balaban J connectivity index is 1.60. The molecule has 3 heterocycles. The number of thioether (sulfide) groups is 1. The predicted molar refractivity (Wildman–Crippen MR) is 126 cm³/mol. The molecule has 0 saturated heterocycles. The molecule has 6 nitrogen and oxygen atoms in total. The van der Waals surface area contributed by atoms with E-state index in [1.54, 1.807) is 29.0 Å². The van der Waals surface area contributed by atoms with E-state index in [1.165, 1.54) is 23.1 Å². The first-order valence-corrected chi connectivity index (χ1v) is 11.5. The minimum atomic E-state index is -0.160. The Hall–Kier alpha value is -3.10. The first-order chi connectivity index (χ1) is 15.1. The van der Waals surface area contributed by atoms with E-state index in [9.17, 15) is 9.59 Å². The highest BCUT2D eigenvalue weighted by Crippen LogP contribution is 2.32. The van der Waals surface area contributed by atoms with E-state index in [-0.39, 0.29) is 17.2 Å². The molecule has 0 aliphatic rings. The van der Waals surface area contributed by atoms with Gasteiger partial charge in [0.15, 0.2) is 5.16 Å². The van der Waals surface area contributed by atoms with Crippen molar-refractivity contribution in [1.29, 1.82) is 0 Å². The average molecular weight is 452 g/mol. The molecule has 158 valence electrons. The number of carbonyl (C=O) groups excluding carboxylic acids is 1. The normalized spacial score (nSPS) is 11.0. The molecule has 0 aliphatic heterocycles. The molecule has 0 unspecified atom stereocenters. The lowest BCUT2D eigenvalue weighted by atomic mass is 10.1. The Morgan fingerprint density at radius 3 is 2.84 bits per heavy atom. The zero-order valence-corrected chi connectivity index (χ0v) is 18.6. The third-order valence-electron chi connectivity index (χ3n) is 4.71. The Kier molecular flexibility index (Phi) is 6.39. The van der Waals surface area contributed by atoms with Gasteiger partial charge in [0.1, 0.15) is 10.6 Å². The molecule has 0 spiro atoms. The zero-order valence-electron chi connectivity index (χ0n) is 17.0. The number of benzene rings is 1. The van der Waals surface area contributed by atoms with Gasteiger partial charge < -0.3 is 9.73 Å². The monoisotopic (exact) mass is 451 g/mol. The van der Waals surface area contributed by atoms with Crippen LogP contribution in [0.15, 0.2) is 75.1 Å². The molecule has 0 saturated carbocycles. The fourth-order valence-corrected chi connectivity index (χ4v) is 4.96. The summed E-state index contributed by atoms with van der Waals surface area (Å²) in [6, 6.07) is 11.7. The highest BCUT2D eigenvalue weighted by molar-refractivity contribution is 7.99. The van der Waals surface area contributed by atoms with Gasteiger partial charge in [-0.15, -0.1) is 17.9 Å². The second-order valence-corrected chi connectivity index (χ2v) is 8.74. The SMILES string of the molecule is C=CCn1c(SCC(=O)NCc2ccco2)nc2scc(-c3ccc(C)cc3)c2c1=O. The highest BCUT2D eigenvalue weighted by atomic mass is 32.2. The van der Waals surface area contributed by atoms with Gasteiger partial charge in [0.25, 0.3) is 5.56 Å². The summed E-state index contributed by atoms with van der Waals surface area (Å²) in [5.74, 6) is 0.669. The van der Waals surface area contributed by atoms with Crippen LogP contribution in [-0.2, 0) is 17.9 Å². The fraction of sp³-hybridized carbons (Fsp3) is 0.174. The van der Waals surface area contributed by atoms with E-state index in [1.807, 2.05) is 36.6 Å². The Bertz CT molecular complexity index is 1270. The number of hydrogen-bond donors (Lipinski definition) is 1. The van der Waals surface area contributed by atoms with Gasteiger partial charge in [0.2, 0.25) is 5.91 Å². The molecule has 1 amide bonds. The standard InChI is InChI=1S/C23H21N3O3S2/c1-3-10-26-22(28)20-18(16-8-6-15(2)7-9-16)13-30-21(20)25-23(26)31-14-19(27)24-12-17-5-4-11-29-17/h3-9,11,13H,1,10,12,14H2,2H3,(H,24,27). The number of hydrogen-bond acceptors (Lipinski definition) is 6. The maximum Gasteiger partial charge on any atom is 0.263 e. The summed E-state index contributed by atoms with van der Waals surface area (Å²) in [4.78, 5) is 30.9. The molecule has 0 fully saturated rings. The minimum Gasteiger partial charge on any atom is -0.467 e. The van der Waals surface area contributed by atoms with Gasteiger partial charge in [0.05, 0.1) is 23.9 Å². The van der Waals surface area contributed by atoms with E-state index in [2.05, 4.69) is 11.9 Å². The van der Waals surface area contributed by atoms with Gasteiger partial charge in [-0.2, -0.15) is 0 Å². The first kappa shape index (κ1) is 21.1. The lowest BCUT2D eigenvalue weighted by molar-refractivity contribution is -0.118. The smallest absolute Gasteiger partial charge is 0.263 e. The second kappa shape index (κ2) is 9.36. The molecular weight excluding hydrogens is 430 g/mol. The molecule has 3 aromatic heterocycles. The van der Waals surface area contributed by atoms with E-state index < -0.39 is 0 Å². The molecular formula is C23H21N3O3S2. The van der Waals surface area contributed by atoms with Gasteiger partial charge in [-0.3, -0.25) is 14.2 Å². The van der Waals surface area contributed by atoms with Crippen LogP contribution < -0.4 is 10.9 Å². The summed E-state index contributed by atoms with van der Waals surface area (Å²) in [6.07, 6.45) is 3.23. The van der Waals surface area contributed by atoms with Crippen molar-refractivity contribution in [2.75, 3.05) is 5.75 Å². The number of aromatic nitrogens is 2. The number of rotatable bonds is 8. The maximum atomic E-state index is 13.3. The summed E-state index contributed by atoms with van der Waals surface area (Å²) in [7, 11) is 0. The van der Waals surface area contributed by atoms with E-state index >= 15 is 0 Å². The number of furan rings is 1. The summed E-state index contributed by atoms with van der Waals surface area (Å²) in [5.41, 5.74) is 2.90. The first-order valence-electron chi connectivity index (χ1n) is 9.68. The third kappa shape index (κ3) is 4.65. The van der Waals surface area contributed by atoms with Crippen molar-refractivity contribution in [3.8, 4) is 11.1 Å². The van der Waals surface area contributed by atoms with E-state index in [4.69, 9.17) is 9.40 Å². The van der Waals surface area contributed by atoms with Crippen LogP contribution in [0.25, 0.3) is 21.3 Å². The van der Waals surface area contributed by atoms with Crippen LogP contribution in [0.1, 0.15) is 11.3 Å². The number of nitrogens with zero attached hydrogens (tertiary/aromatic N) is 2. The predicted octanol–water partition coefficient (Wildman–Crippen LogP) is 4.62. The van der Waals surface area contributed by atoms with Crippen molar-refractivity contribution in [1.82, 2.24) is 14.9 Å². The van der Waals surface area contributed by atoms with Crippen molar-refractivity contribution in [3.63, 3.8) is 0 Å². The van der Waals surface area contributed by atoms with Crippen LogP contribution >= 0.6 is 23.1 Å². The quantitative estimate of drug-likeness (QED) is 0.240. The molecule has 4 rings (SSSR count). The number of aryl methyl sites for hydroxylation is 1. The molecule has 1 N–H and O–H groups in total. The van der Waals surface area contributed by atoms with Gasteiger partial charge in [-0.1, -0.05) is 47.7 Å². The molecule has 0 aliphatic carbocycles. The Morgan fingerprint density at radius 1 is 1.32 bits per heavy atom. The van der Waals surface area contributed by atoms with Crippen LogP contribution in [0.5, 0.6) is 0 Å². The number of carbonyl (C=O) groups is 1. The molecule has 1 aromatic carbocycles. The van der Waals surface area contributed by atoms with Crippen molar-refractivity contribution >= 4 is 39.2 Å². The van der Waals surface area contributed by atoms with Gasteiger partial charge in [-0.25, -0.2) is 4.98 Å². The number of thiophene rings is 1. The number of allylic oxidation sites excluding steroid dienone is 1. The van der Waals surface area contributed by atoms with E-state index in [0.29, 0.717) is 34.2 Å². The van der Waals surface area contributed by atoms with Crippen molar-refractivity contribution in [2.45, 2.75) is 25.2 Å². The minimum absolute atomic E-state index is 0.125. The summed E-state index contributed by atoms with van der Waals surface area (Å²) in [6.45, 7) is 6.44. The van der Waals surface area contributed by atoms with Crippen LogP contribution in [0, 0.1) is 6.92 Å². The number of fused-ring (bicyclic) bond motifs is 1. The topological polar surface area (TPSA) is 77.1 Å². The molecule has 4 aromatic rings. The summed E-state index contributed by atoms with van der Waals surface area (Å²) < 4.78 is 6.79. The molecule has 0 bridgehead atoms. The van der Waals surface area contributed by atoms with Gasteiger partial charge in [-0.05, 0) is 24.6 Å². The fourth-order valence-electron chi connectivity index (χ4n) is 3.13. The molecule has 31 heavy (non-hydrogen) atoms. The Morgan fingerprint density at radius 2 is 2.13 bits per heavy atom. The van der Waals surface area contributed by atoms with Crippen molar-refractivity contribution < 1.29 is 9.21 Å². The Labute approximate surface area is 187 Å². The van der Waals surface area contributed by atoms with Crippen LogP contribution in [-0.4, -0.2) is 21.2 Å². The van der Waals surface area contributed by atoms with Crippen molar-refractivity contribution in [3.05, 3.63) is 82.4 Å². The van der Waals surface area contributed by atoms with Crippen molar-refractivity contribution in [2.24, 2.45) is 0 Å². The van der Waals surface area contributed by atoms with Crippen LogP contribution in [0.4, 0.5) is 0 Å². The summed E-state index contributed by atoms with van der Waals surface area (Å²) >= 11 is 2.67. The second-order valence-electron chi connectivity index (χ2n) is 6.94. The molecule has 8 heteroatoms. The number of amides is 1. The molecule has 0 radical (unpaired) electrons. The summed E-state index contributed by atoms with van der Waals surface area (Å²) in [5, 5.41) is 5.87. The van der Waals surface area contributed by atoms with E-state index in [0.717, 1.165) is 16.7 Å². The lowest BCUT2D eigenvalue weighted by Crippen LogP contribution is -2.26. The third-order valence-corrected chi connectivity index (χ3v) is 6.55.